The van der Waals surface area contributed by atoms with Crippen molar-refractivity contribution in [2.45, 2.75) is 20.5 Å². The lowest BCUT2D eigenvalue weighted by molar-refractivity contribution is 0.194. The monoisotopic (exact) mass is 387 g/mol. The van der Waals surface area contributed by atoms with E-state index in [4.69, 9.17) is 5.11 Å². The molecule has 0 fully saturated rings. The van der Waals surface area contributed by atoms with Crippen molar-refractivity contribution in [3.8, 4) is 0 Å². The predicted octanol–water partition coefficient (Wildman–Crippen LogP) is 2.27. The van der Waals surface area contributed by atoms with Gasteiger partial charge in [-0.2, -0.15) is 0 Å². The quantitative estimate of drug-likeness (QED) is 0.785. The fraction of sp³-hybridized carbons (Fsp3) is 0.0714. The predicted molar refractivity (Wildman–Crippen MR) is 88.5 cm³/mol. The topological polar surface area (TPSA) is 118 Å². The van der Waals surface area contributed by atoms with Crippen LogP contribution in [0.25, 0.3) is 0 Å². The molecule has 1 aromatic heterocycles. The Morgan fingerprint density at radius 2 is 1.67 bits per heavy atom. The molecule has 0 aliphatic heterocycles. The highest BCUT2D eigenvalue weighted by Crippen LogP contribution is 2.28. The molecule has 128 valence electrons. The Hall–Kier alpha value is -2.17. The van der Waals surface area contributed by atoms with Gasteiger partial charge in [0, 0.05) is 10.3 Å². The highest BCUT2D eigenvalue weighted by Gasteiger charge is 2.21. The van der Waals surface area contributed by atoms with Crippen LogP contribution in [0.2, 0.25) is 0 Å². The molecule has 0 saturated heterocycles. The van der Waals surface area contributed by atoms with Gasteiger partial charge in [0.15, 0.2) is 9.84 Å². The molecule has 0 aliphatic rings. The third-order valence-electron chi connectivity index (χ3n) is 3.00. The molecule has 0 saturated carbocycles. The number of carboxylic acid groups (broad SMARTS) is 1. The largest absolute Gasteiger partial charge is 0.465 e. The van der Waals surface area contributed by atoms with Gasteiger partial charge in [-0.15, -0.1) is 11.3 Å². The molecule has 0 unspecified atom stereocenters. The van der Waals surface area contributed by atoms with E-state index in [9.17, 15) is 21.6 Å². The number of sulfone groups is 2. The first-order chi connectivity index (χ1) is 11.2. The molecule has 2 rings (SSSR count). The highest BCUT2D eigenvalue weighted by molar-refractivity contribution is 7.94. The SMILES string of the molecule is C=CS(=O)(=O)c1ccc(S(=O)(=O)c2ccc(CNC(=O)O)s2)cc1. The fourth-order valence-corrected chi connectivity index (χ4v) is 5.19. The number of amides is 1. The van der Waals surface area contributed by atoms with Gasteiger partial charge in [-0.1, -0.05) is 6.58 Å². The molecule has 0 spiro atoms. The summed E-state index contributed by atoms with van der Waals surface area (Å²) >= 11 is 0.943. The van der Waals surface area contributed by atoms with Crippen LogP contribution in [0, 0.1) is 0 Å². The zero-order chi connectivity index (χ0) is 18.0. The van der Waals surface area contributed by atoms with Gasteiger partial charge in [0.25, 0.3) is 0 Å². The van der Waals surface area contributed by atoms with Crippen LogP contribution in [0.5, 0.6) is 0 Å². The first kappa shape index (κ1) is 18.2. The maximum Gasteiger partial charge on any atom is 0.404 e. The molecule has 7 nitrogen and oxygen atoms in total. The molecule has 10 heteroatoms. The van der Waals surface area contributed by atoms with E-state index in [0.717, 1.165) is 16.7 Å². The minimum absolute atomic E-state index is 0.00599. The van der Waals surface area contributed by atoms with Crippen molar-refractivity contribution in [3.63, 3.8) is 0 Å². The van der Waals surface area contributed by atoms with E-state index in [1.54, 1.807) is 0 Å². The molecule has 2 aromatic rings. The van der Waals surface area contributed by atoms with Crippen molar-refractivity contribution >= 4 is 37.1 Å². The van der Waals surface area contributed by atoms with Crippen molar-refractivity contribution in [2.75, 3.05) is 0 Å². The van der Waals surface area contributed by atoms with Crippen molar-refractivity contribution in [3.05, 3.63) is 53.3 Å². The first-order valence-electron chi connectivity index (χ1n) is 6.45. The lowest BCUT2D eigenvalue weighted by atomic mass is 10.4. The third-order valence-corrected chi connectivity index (χ3v) is 7.71. The number of hydrogen-bond acceptors (Lipinski definition) is 6. The molecule has 24 heavy (non-hydrogen) atoms. The second-order valence-corrected chi connectivity index (χ2v) is 9.81. The molecular weight excluding hydrogens is 374 g/mol. The zero-order valence-corrected chi connectivity index (χ0v) is 14.6. The average Bonchev–Trinajstić information content (AvgIpc) is 3.03. The van der Waals surface area contributed by atoms with E-state index >= 15 is 0 Å². The van der Waals surface area contributed by atoms with Crippen LogP contribution in [-0.2, 0) is 26.2 Å². The van der Waals surface area contributed by atoms with E-state index in [-0.39, 0.29) is 20.5 Å². The lowest BCUT2D eigenvalue weighted by Gasteiger charge is -2.04. The molecule has 1 amide bonds. The summed E-state index contributed by atoms with van der Waals surface area (Å²) in [7, 11) is -7.43. The number of rotatable bonds is 6. The van der Waals surface area contributed by atoms with Gasteiger partial charge in [-0.05, 0) is 36.4 Å². The summed E-state index contributed by atoms with van der Waals surface area (Å²) < 4.78 is 48.4. The van der Waals surface area contributed by atoms with Crippen molar-refractivity contribution in [1.82, 2.24) is 5.32 Å². The fourth-order valence-electron chi connectivity index (χ4n) is 1.78. The van der Waals surface area contributed by atoms with Gasteiger partial charge < -0.3 is 10.4 Å². The number of benzene rings is 1. The summed E-state index contributed by atoms with van der Waals surface area (Å²) in [5.41, 5.74) is 0. The summed E-state index contributed by atoms with van der Waals surface area (Å²) in [5.74, 6) is 0. The number of nitrogens with one attached hydrogen (secondary N) is 1. The Morgan fingerprint density at radius 1 is 1.08 bits per heavy atom. The lowest BCUT2D eigenvalue weighted by Crippen LogP contribution is -2.19. The highest BCUT2D eigenvalue weighted by atomic mass is 32.2. The van der Waals surface area contributed by atoms with E-state index in [1.165, 1.54) is 36.4 Å². The minimum atomic E-state index is -3.80. The zero-order valence-electron chi connectivity index (χ0n) is 12.2. The van der Waals surface area contributed by atoms with E-state index in [0.29, 0.717) is 4.88 Å². The molecule has 0 aliphatic carbocycles. The summed E-state index contributed by atoms with van der Waals surface area (Å²) in [5, 5.41) is 11.5. The van der Waals surface area contributed by atoms with Crippen LogP contribution in [0.4, 0.5) is 4.79 Å². The van der Waals surface area contributed by atoms with Crippen LogP contribution < -0.4 is 5.32 Å². The van der Waals surface area contributed by atoms with E-state index in [1.807, 2.05) is 0 Å². The van der Waals surface area contributed by atoms with Gasteiger partial charge in [-0.25, -0.2) is 21.6 Å². The summed E-state index contributed by atoms with van der Waals surface area (Å²) in [6.45, 7) is 3.21. The van der Waals surface area contributed by atoms with Crippen molar-refractivity contribution < 1.29 is 26.7 Å². The van der Waals surface area contributed by atoms with Crippen molar-refractivity contribution in [2.24, 2.45) is 0 Å². The summed E-state index contributed by atoms with van der Waals surface area (Å²) in [6, 6.07) is 7.72. The molecule has 2 N–H and O–H groups in total. The van der Waals surface area contributed by atoms with Gasteiger partial charge in [0.2, 0.25) is 9.84 Å². The maximum absolute atomic E-state index is 12.5. The van der Waals surface area contributed by atoms with Crippen LogP contribution in [0.15, 0.2) is 62.4 Å². The van der Waals surface area contributed by atoms with Gasteiger partial charge in [0.05, 0.1) is 16.3 Å². The standard InChI is InChI=1S/C14H13NO6S3/c1-2-23(18,19)11-4-6-12(7-5-11)24(20,21)13-8-3-10(22-13)9-15-14(16)17/h2-8,15H,1,9H2,(H,16,17). The van der Waals surface area contributed by atoms with Gasteiger partial charge in [0.1, 0.15) is 4.21 Å². The molecule has 1 heterocycles. The van der Waals surface area contributed by atoms with E-state index < -0.39 is 25.8 Å². The van der Waals surface area contributed by atoms with Gasteiger partial charge >= 0.3 is 6.09 Å². The number of carbonyl (C=O) groups is 1. The van der Waals surface area contributed by atoms with Crippen LogP contribution in [0.3, 0.4) is 0 Å². The Labute approximate surface area is 143 Å². The van der Waals surface area contributed by atoms with Crippen LogP contribution in [-0.4, -0.2) is 28.0 Å². The summed E-state index contributed by atoms with van der Waals surface area (Å²) in [4.78, 5) is 10.9. The Balaban J connectivity index is 2.31. The Bertz CT molecular complexity index is 972. The van der Waals surface area contributed by atoms with Crippen LogP contribution in [0.1, 0.15) is 4.88 Å². The maximum atomic E-state index is 12.5. The molecule has 0 bridgehead atoms. The molecule has 1 aromatic carbocycles. The average molecular weight is 387 g/mol. The minimum Gasteiger partial charge on any atom is -0.465 e. The first-order valence-corrected chi connectivity index (χ1v) is 10.3. The second-order valence-electron chi connectivity index (χ2n) is 4.57. The van der Waals surface area contributed by atoms with Crippen molar-refractivity contribution in [1.29, 1.82) is 0 Å². The van der Waals surface area contributed by atoms with Gasteiger partial charge in [-0.3, -0.25) is 0 Å². The molecule has 0 atom stereocenters. The van der Waals surface area contributed by atoms with Crippen LogP contribution >= 0.6 is 11.3 Å². The summed E-state index contributed by atoms with van der Waals surface area (Å²) in [6.07, 6.45) is -1.20. The third kappa shape index (κ3) is 3.83. The number of thiophene rings is 1. The van der Waals surface area contributed by atoms with E-state index in [2.05, 4.69) is 11.9 Å². The molecule has 0 radical (unpaired) electrons. The smallest absolute Gasteiger partial charge is 0.404 e. The number of hydrogen-bond donors (Lipinski definition) is 2. The molecular formula is C14H13NO6S3. The normalized spacial score (nSPS) is 11.8. The second kappa shape index (κ2) is 6.75. The Kier molecular flexibility index (Phi) is 5.11. The Morgan fingerprint density at radius 3 is 2.21 bits per heavy atom.